The van der Waals surface area contributed by atoms with Crippen molar-refractivity contribution in [3.63, 3.8) is 0 Å². The lowest BCUT2D eigenvalue weighted by molar-refractivity contribution is 0.194. The summed E-state index contributed by atoms with van der Waals surface area (Å²) in [5, 5.41) is 28.0. The summed E-state index contributed by atoms with van der Waals surface area (Å²) in [7, 11) is 0. The topological polar surface area (TPSA) is 84.3 Å². The van der Waals surface area contributed by atoms with Gasteiger partial charge in [-0.25, -0.2) is 0 Å². The third-order valence-electron chi connectivity index (χ3n) is 6.19. The van der Waals surface area contributed by atoms with Gasteiger partial charge in [-0.15, -0.1) is 0 Å². The molecule has 7 heteroatoms. The summed E-state index contributed by atoms with van der Waals surface area (Å²) in [6.07, 6.45) is 8.49. The minimum atomic E-state index is 0.220. The molecule has 0 saturated carbocycles. The van der Waals surface area contributed by atoms with Gasteiger partial charge in [-0.1, -0.05) is 12.2 Å². The molecular weight excluding hydrogens is 362 g/mol. The Morgan fingerprint density at radius 3 is 2.17 bits per heavy atom. The fraction of sp³-hybridized carbons (Fsp3) is 0.682. The predicted octanol–water partition coefficient (Wildman–Crippen LogP) is 1.75. The highest BCUT2D eigenvalue weighted by atomic mass is 15.4. The molecule has 3 aliphatic heterocycles. The van der Waals surface area contributed by atoms with E-state index in [1.54, 1.807) is 0 Å². The number of hydrogen-bond acceptors (Lipinski definition) is 7. The highest BCUT2D eigenvalue weighted by molar-refractivity contribution is 5.40. The second-order valence-corrected chi connectivity index (χ2v) is 8.06. The Labute approximate surface area is 174 Å². The molecule has 0 aromatic rings. The second kappa shape index (κ2) is 10.9. The summed E-state index contributed by atoms with van der Waals surface area (Å²) in [4.78, 5) is 9.30. The summed E-state index contributed by atoms with van der Waals surface area (Å²) in [6.45, 7) is 9.51. The van der Waals surface area contributed by atoms with Crippen molar-refractivity contribution in [3.8, 4) is 18.2 Å². The Morgan fingerprint density at radius 1 is 0.828 bits per heavy atom. The van der Waals surface area contributed by atoms with Crippen LogP contribution in [0.3, 0.4) is 0 Å². The first-order chi connectivity index (χ1) is 14.2. The Bertz CT molecular complexity index is 712. The fourth-order valence-corrected chi connectivity index (χ4v) is 4.46. The quantitative estimate of drug-likeness (QED) is 0.481. The van der Waals surface area contributed by atoms with Gasteiger partial charge in [0.05, 0.1) is 6.07 Å². The zero-order valence-electron chi connectivity index (χ0n) is 17.3. The van der Waals surface area contributed by atoms with E-state index in [1.807, 2.05) is 0 Å². The van der Waals surface area contributed by atoms with Gasteiger partial charge in [0.15, 0.2) is 5.57 Å². The standard InChI is InChI=1S/C22H31N7/c23-17-20-5-11-27(12-6-20)9-4-10-28-15-16-29(22(28)21(18-24)19-25)14-13-26-7-2-1-3-8-26/h1-2,20H,3-16H2. The molecule has 0 N–H and O–H groups in total. The van der Waals surface area contributed by atoms with E-state index in [1.165, 1.54) is 0 Å². The van der Waals surface area contributed by atoms with E-state index >= 15 is 0 Å². The molecule has 3 rings (SSSR count). The molecule has 0 aromatic heterocycles. The van der Waals surface area contributed by atoms with Crippen LogP contribution in [0.5, 0.6) is 0 Å². The van der Waals surface area contributed by atoms with Crippen molar-refractivity contribution in [3.05, 3.63) is 23.5 Å². The monoisotopic (exact) mass is 393 g/mol. The lowest BCUT2D eigenvalue weighted by Crippen LogP contribution is -2.37. The van der Waals surface area contributed by atoms with E-state index in [-0.39, 0.29) is 11.5 Å². The van der Waals surface area contributed by atoms with Crippen molar-refractivity contribution in [2.75, 3.05) is 65.4 Å². The minimum Gasteiger partial charge on any atom is -0.355 e. The van der Waals surface area contributed by atoms with E-state index in [2.05, 4.69) is 50.0 Å². The Hall–Kier alpha value is -2.53. The van der Waals surface area contributed by atoms with E-state index in [0.29, 0.717) is 0 Å². The molecule has 0 amide bonds. The Balaban J connectivity index is 1.52. The molecule has 3 heterocycles. The number of hydrogen-bond donors (Lipinski definition) is 0. The van der Waals surface area contributed by atoms with Gasteiger partial charge in [-0.05, 0) is 45.3 Å². The van der Waals surface area contributed by atoms with Crippen LogP contribution in [0.2, 0.25) is 0 Å². The molecule has 7 nitrogen and oxygen atoms in total. The molecule has 0 aliphatic carbocycles. The smallest absolute Gasteiger partial charge is 0.169 e. The molecule has 0 aromatic carbocycles. The molecule has 2 fully saturated rings. The third-order valence-corrected chi connectivity index (χ3v) is 6.19. The number of piperidine rings is 1. The van der Waals surface area contributed by atoms with Crippen molar-refractivity contribution >= 4 is 0 Å². The summed E-state index contributed by atoms with van der Waals surface area (Å²) in [6, 6.07) is 6.61. The zero-order chi connectivity index (χ0) is 20.5. The van der Waals surface area contributed by atoms with Crippen molar-refractivity contribution in [2.24, 2.45) is 5.92 Å². The molecule has 29 heavy (non-hydrogen) atoms. The number of allylic oxidation sites excluding steroid dienone is 1. The van der Waals surface area contributed by atoms with Gasteiger partial charge < -0.3 is 14.7 Å². The van der Waals surface area contributed by atoms with Crippen molar-refractivity contribution in [1.82, 2.24) is 19.6 Å². The van der Waals surface area contributed by atoms with Crippen LogP contribution in [-0.2, 0) is 0 Å². The van der Waals surface area contributed by atoms with Crippen LogP contribution in [0.4, 0.5) is 0 Å². The first kappa shape index (κ1) is 21.2. The first-order valence-electron chi connectivity index (χ1n) is 10.8. The maximum absolute atomic E-state index is 9.48. The molecule has 2 saturated heterocycles. The second-order valence-electron chi connectivity index (χ2n) is 8.06. The van der Waals surface area contributed by atoms with E-state index in [0.717, 1.165) is 97.0 Å². The van der Waals surface area contributed by atoms with Crippen LogP contribution in [0, 0.1) is 39.9 Å². The summed E-state index contributed by atoms with van der Waals surface area (Å²) in [5.41, 5.74) is 0.232. The van der Waals surface area contributed by atoms with Crippen LogP contribution in [0.1, 0.15) is 25.7 Å². The van der Waals surface area contributed by atoms with Crippen LogP contribution in [-0.4, -0.2) is 85.0 Å². The third kappa shape index (κ3) is 5.73. The van der Waals surface area contributed by atoms with Gasteiger partial charge in [-0.2, -0.15) is 15.8 Å². The van der Waals surface area contributed by atoms with Crippen LogP contribution in [0.25, 0.3) is 0 Å². The maximum Gasteiger partial charge on any atom is 0.169 e. The van der Waals surface area contributed by atoms with Gasteiger partial charge in [0, 0.05) is 51.7 Å². The SMILES string of the molecule is N#CC(C#N)=C1N(CCCN2CCC(C#N)CC2)CCN1CCN1CC=CCC1. The summed E-state index contributed by atoms with van der Waals surface area (Å²) >= 11 is 0. The van der Waals surface area contributed by atoms with E-state index in [4.69, 9.17) is 5.26 Å². The van der Waals surface area contributed by atoms with Crippen molar-refractivity contribution < 1.29 is 0 Å². The van der Waals surface area contributed by atoms with Crippen molar-refractivity contribution in [2.45, 2.75) is 25.7 Å². The molecule has 3 aliphatic rings. The molecule has 0 bridgehead atoms. The summed E-state index contributed by atoms with van der Waals surface area (Å²) < 4.78 is 0. The van der Waals surface area contributed by atoms with Crippen LogP contribution >= 0.6 is 0 Å². The van der Waals surface area contributed by atoms with Gasteiger partial charge in [-0.3, -0.25) is 4.90 Å². The molecule has 0 radical (unpaired) electrons. The molecular formula is C22H31N7. The summed E-state index contributed by atoms with van der Waals surface area (Å²) in [5.74, 6) is 1.04. The lowest BCUT2D eigenvalue weighted by atomic mass is 9.98. The number of rotatable bonds is 7. The molecule has 154 valence electrons. The van der Waals surface area contributed by atoms with Gasteiger partial charge >= 0.3 is 0 Å². The maximum atomic E-state index is 9.48. The van der Waals surface area contributed by atoms with Gasteiger partial charge in [0.1, 0.15) is 18.0 Å². The Kier molecular flexibility index (Phi) is 7.94. The normalized spacial score (nSPS) is 21.1. The number of likely N-dealkylation sites (tertiary alicyclic amines) is 1. The molecule has 0 atom stereocenters. The number of nitrogens with zero attached hydrogens (tertiary/aromatic N) is 7. The number of nitriles is 3. The molecule has 0 spiro atoms. The minimum absolute atomic E-state index is 0.220. The average molecular weight is 394 g/mol. The van der Waals surface area contributed by atoms with Gasteiger partial charge in [0.2, 0.25) is 0 Å². The predicted molar refractivity (Wildman–Crippen MR) is 111 cm³/mol. The fourth-order valence-electron chi connectivity index (χ4n) is 4.46. The van der Waals surface area contributed by atoms with E-state index < -0.39 is 0 Å². The van der Waals surface area contributed by atoms with Gasteiger partial charge in [0.25, 0.3) is 0 Å². The largest absolute Gasteiger partial charge is 0.355 e. The lowest BCUT2D eigenvalue weighted by Gasteiger charge is -2.31. The molecule has 0 unspecified atom stereocenters. The Morgan fingerprint density at radius 2 is 1.55 bits per heavy atom. The zero-order valence-corrected chi connectivity index (χ0v) is 17.3. The first-order valence-corrected chi connectivity index (χ1v) is 10.8. The highest BCUT2D eigenvalue weighted by Crippen LogP contribution is 2.23. The van der Waals surface area contributed by atoms with Crippen LogP contribution < -0.4 is 0 Å². The van der Waals surface area contributed by atoms with Crippen LogP contribution in [0.15, 0.2) is 23.5 Å². The van der Waals surface area contributed by atoms with Crippen molar-refractivity contribution in [1.29, 1.82) is 15.8 Å². The van der Waals surface area contributed by atoms with E-state index in [9.17, 15) is 10.5 Å². The highest BCUT2D eigenvalue weighted by Gasteiger charge is 2.28. The average Bonchev–Trinajstić information content (AvgIpc) is 3.17.